The number of benzene rings is 1. The van der Waals surface area contributed by atoms with E-state index >= 15 is 0 Å². The summed E-state index contributed by atoms with van der Waals surface area (Å²) in [6, 6.07) is 12.3. The van der Waals surface area contributed by atoms with Gasteiger partial charge in [-0.25, -0.2) is 0 Å². The average Bonchev–Trinajstić information content (AvgIpc) is 3.34. The van der Waals surface area contributed by atoms with Gasteiger partial charge in [0, 0.05) is 57.1 Å². The molecule has 0 aliphatic carbocycles. The molecule has 1 aromatic carbocycles. The average molecular weight is 397 g/mol. The SMILES string of the molecule is CN(C)c1ccc([C@H]2NC[C@@H](CSc3nnc(-c4ccncc4)n3C)O2)cc1. The molecule has 8 heteroatoms. The van der Waals surface area contributed by atoms with Gasteiger partial charge in [0.25, 0.3) is 0 Å². The first kappa shape index (κ1) is 18.9. The molecule has 4 rings (SSSR count). The minimum absolute atomic E-state index is 0.0614. The Kier molecular flexibility index (Phi) is 5.61. The summed E-state index contributed by atoms with van der Waals surface area (Å²) in [6.07, 6.45) is 3.60. The van der Waals surface area contributed by atoms with Crippen LogP contribution in [-0.4, -0.2) is 52.2 Å². The van der Waals surface area contributed by atoms with Crippen molar-refractivity contribution in [1.29, 1.82) is 0 Å². The summed E-state index contributed by atoms with van der Waals surface area (Å²) in [5, 5.41) is 13.0. The van der Waals surface area contributed by atoms with Gasteiger partial charge < -0.3 is 14.2 Å². The van der Waals surface area contributed by atoms with E-state index in [2.05, 4.69) is 49.7 Å². The lowest BCUT2D eigenvalue weighted by Gasteiger charge is -2.16. The third-order valence-corrected chi connectivity index (χ3v) is 5.90. The fraction of sp³-hybridized carbons (Fsp3) is 0.350. The van der Waals surface area contributed by atoms with E-state index in [1.54, 1.807) is 24.2 Å². The lowest BCUT2D eigenvalue weighted by Crippen LogP contribution is -2.17. The third-order valence-electron chi connectivity index (χ3n) is 4.74. The molecule has 28 heavy (non-hydrogen) atoms. The van der Waals surface area contributed by atoms with Crippen molar-refractivity contribution in [2.24, 2.45) is 7.05 Å². The number of thioether (sulfide) groups is 1. The van der Waals surface area contributed by atoms with E-state index in [9.17, 15) is 0 Å². The zero-order chi connectivity index (χ0) is 19.5. The summed E-state index contributed by atoms with van der Waals surface area (Å²) >= 11 is 1.67. The molecular formula is C20H24N6OS. The predicted molar refractivity (Wildman–Crippen MR) is 111 cm³/mol. The number of hydrogen-bond donors (Lipinski definition) is 1. The van der Waals surface area contributed by atoms with Crippen LogP contribution in [0.5, 0.6) is 0 Å². The van der Waals surface area contributed by atoms with Crippen LogP contribution in [0.25, 0.3) is 11.4 Å². The number of anilines is 1. The number of hydrogen-bond acceptors (Lipinski definition) is 7. The molecule has 0 saturated carbocycles. The number of nitrogens with one attached hydrogen (secondary N) is 1. The molecule has 0 bridgehead atoms. The molecule has 2 aromatic heterocycles. The standard InChI is InChI=1S/C20H24N6OS/c1-25(2)16-6-4-15(5-7-16)19-22-12-17(27-19)13-28-20-24-23-18(26(20)3)14-8-10-21-11-9-14/h4-11,17,19,22H,12-13H2,1-3H3/t17-,19-/m0/s1. The molecule has 3 aromatic rings. The molecule has 1 aliphatic heterocycles. The van der Waals surface area contributed by atoms with Crippen LogP contribution >= 0.6 is 11.8 Å². The molecule has 7 nitrogen and oxygen atoms in total. The van der Waals surface area contributed by atoms with Crippen LogP contribution in [0.3, 0.4) is 0 Å². The first-order valence-corrected chi connectivity index (χ1v) is 10.2. The van der Waals surface area contributed by atoms with E-state index in [1.807, 2.05) is 37.8 Å². The van der Waals surface area contributed by atoms with E-state index in [-0.39, 0.29) is 12.3 Å². The number of nitrogens with zero attached hydrogens (tertiary/aromatic N) is 5. The van der Waals surface area contributed by atoms with Gasteiger partial charge in [-0.3, -0.25) is 10.3 Å². The fourth-order valence-corrected chi connectivity index (χ4v) is 4.04. The Balaban J connectivity index is 1.35. The Morgan fingerprint density at radius 3 is 2.61 bits per heavy atom. The smallest absolute Gasteiger partial charge is 0.191 e. The van der Waals surface area contributed by atoms with E-state index in [0.717, 1.165) is 34.4 Å². The van der Waals surface area contributed by atoms with Crippen molar-refractivity contribution in [3.63, 3.8) is 0 Å². The molecule has 1 fully saturated rings. The van der Waals surface area contributed by atoms with Crippen LogP contribution < -0.4 is 10.2 Å². The van der Waals surface area contributed by atoms with Gasteiger partial charge in [0.15, 0.2) is 11.0 Å². The Labute approximate surface area is 169 Å². The molecule has 0 radical (unpaired) electrons. The second kappa shape index (κ2) is 8.30. The Morgan fingerprint density at radius 2 is 1.89 bits per heavy atom. The van der Waals surface area contributed by atoms with Gasteiger partial charge in [0.2, 0.25) is 0 Å². The summed E-state index contributed by atoms with van der Waals surface area (Å²) in [4.78, 5) is 6.14. The van der Waals surface area contributed by atoms with Crippen molar-refractivity contribution < 1.29 is 4.74 Å². The lowest BCUT2D eigenvalue weighted by atomic mass is 10.2. The number of aromatic nitrogens is 4. The second-order valence-electron chi connectivity index (χ2n) is 6.94. The highest BCUT2D eigenvalue weighted by molar-refractivity contribution is 7.99. The summed E-state index contributed by atoms with van der Waals surface area (Å²) < 4.78 is 8.20. The van der Waals surface area contributed by atoms with Gasteiger partial charge in [-0.1, -0.05) is 23.9 Å². The highest BCUT2D eigenvalue weighted by atomic mass is 32.2. The molecule has 2 atom stereocenters. The van der Waals surface area contributed by atoms with Gasteiger partial charge in [0.05, 0.1) is 6.10 Å². The molecule has 0 amide bonds. The van der Waals surface area contributed by atoms with Crippen LogP contribution in [0.4, 0.5) is 5.69 Å². The summed E-state index contributed by atoms with van der Waals surface area (Å²) in [5.41, 5.74) is 3.34. The molecule has 1 N–H and O–H groups in total. The van der Waals surface area contributed by atoms with Crippen LogP contribution in [-0.2, 0) is 11.8 Å². The summed E-state index contributed by atoms with van der Waals surface area (Å²) in [5.74, 6) is 1.66. The Bertz CT molecular complexity index is 912. The molecule has 0 spiro atoms. The van der Waals surface area contributed by atoms with E-state index < -0.39 is 0 Å². The predicted octanol–water partition coefficient (Wildman–Crippen LogP) is 2.72. The van der Waals surface area contributed by atoms with Crippen molar-refractivity contribution in [3.05, 3.63) is 54.4 Å². The summed E-state index contributed by atoms with van der Waals surface area (Å²) in [7, 11) is 6.07. The van der Waals surface area contributed by atoms with Gasteiger partial charge >= 0.3 is 0 Å². The highest BCUT2D eigenvalue weighted by Gasteiger charge is 2.26. The quantitative estimate of drug-likeness (QED) is 0.643. The van der Waals surface area contributed by atoms with Gasteiger partial charge in [-0.2, -0.15) is 0 Å². The highest BCUT2D eigenvalue weighted by Crippen LogP contribution is 2.28. The van der Waals surface area contributed by atoms with E-state index in [0.29, 0.717) is 0 Å². The Morgan fingerprint density at radius 1 is 1.14 bits per heavy atom. The van der Waals surface area contributed by atoms with Crippen molar-refractivity contribution in [2.45, 2.75) is 17.5 Å². The first-order chi connectivity index (χ1) is 13.6. The van der Waals surface area contributed by atoms with Gasteiger partial charge in [-0.15, -0.1) is 10.2 Å². The van der Waals surface area contributed by atoms with Crippen LogP contribution in [0, 0.1) is 0 Å². The molecule has 1 aliphatic rings. The molecule has 0 unspecified atom stereocenters. The van der Waals surface area contributed by atoms with Crippen molar-refractivity contribution in [3.8, 4) is 11.4 Å². The van der Waals surface area contributed by atoms with Crippen molar-refractivity contribution in [1.82, 2.24) is 25.1 Å². The molecular weight excluding hydrogens is 372 g/mol. The van der Waals surface area contributed by atoms with Crippen LogP contribution in [0.2, 0.25) is 0 Å². The van der Waals surface area contributed by atoms with Gasteiger partial charge in [0.1, 0.15) is 6.23 Å². The monoisotopic (exact) mass is 396 g/mol. The number of pyridine rings is 1. The van der Waals surface area contributed by atoms with E-state index in [1.165, 1.54) is 5.69 Å². The lowest BCUT2D eigenvalue weighted by molar-refractivity contribution is 0.0534. The minimum atomic E-state index is -0.0614. The second-order valence-corrected chi connectivity index (χ2v) is 7.93. The summed E-state index contributed by atoms with van der Waals surface area (Å²) in [6.45, 7) is 0.822. The maximum absolute atomic E-state index is 6.19. The molecule has 146 valence electrons. The maximum Gasteiger partial charge on any atom is 0.191 e. The maximum atomic E-state index is 6.19. The largest absolute Gasteiger partial charge is 0.378 e. The number of rotatable bonds is 6. The topological polar surface area (TPSA) is 68.1 Å². The van der Waals surface area contributed by atoms with Crippen molar-refractivity contribution >= 4 is 17.4 Å². The van der Waals surface area contributed by atoms with Crippen LogP contribution in [0.1, 0.15) is 11.8 Å². The minimum Gasteiger partial charge on any atom is -0.378 e. The van der Waals surface area contributed by atoms with Crippen LogP contribution in [0.15, 0.2) is 53.9 Å². The number of ether oxygens (including phenoxy) is 1. The molecule has 3 heterocycles. The van der Waals surface area contributed by atoms with Gasteiger partial charge in [-0.05, 0) is 29.8 Å². The van der Waals surface area contributed by atoms with E-state index in [4.69, 9.17) is 4.74 Å². The molecule has 1 saturated heterocycles. The fourth-order valence-electron chi connectivity index (χ4n) is 3.13. The normalized spacial score (nSPS) is 19.1. The zero-order valence-corrected chi connectivity index (χ0v) is 17.1. The third kappa shape index (κ3) is 4.04. The Hall–Kier alpha value is -2.42. The first-order valence-electron chi connectivity index (χ1n) is 9.20. The zero-order valence-electron chi connectivity index (χ0n) is 16.2. The van der Waals surface area contributed by atoms with Crippen molar-refractivity contribution in [2.75, 3.05) is 31.3 Å².